The van der Waals surface area contributed by atoms with Crippen LogP contribution in [0.3, 0.4) is 0 Å². The zero-order chi connectivity index (χ0) is 12.1. The second-order valence-corrected chi connectivity index (χ2v) is 5.44. The smallest absolute Gasteiger partial charge is 0.106 e. The molecule has 0 saturated carbocycles. The second kappa shape index (κ2) is 3.66. The molecule has 1 aliphatic carbocycles. The molecule has 0 atom stereocenters. The maximum atomic E-state index is 4.62. The fraction of sp³-hybridized carbons (Fsp3) is 0.0625. The number of aromatic nitrogens is 1. The van der Waals surface area contributed by atoms with E-state index in [9.17, 15) is 0 Å². The molecule has 1 aliphatic rings. The Hall–Kier alpha value is -1.67. The highest BCUT2D eigenvalue weighted by Gasteiger charge is 2.21. The van der Waals surface area contributed by atoms with E-state index in [0.717, 1.165) is 16.7 Å². The molecule has 86 valence electrons. The van der Waals surface area contributed by atoms with Crippen LogP contribution >= 0.6 is 15.9 Å². The minimum atomic E-state index is 0.905. The molecule has 4 rings (SSSR count). The summed E-state index contributed by atoms with van der Waals surface area (Å²) in [5, 5.41) is 2.66. The highest BCUT2D eigenvalue weighted by Crippen LogP contribution is 2.39. The molecule has 1 nitrogen and oxygen atoms in total. The van der Waals surface area contributed by atoms with Gasteiger partial charge in [-0.2, -0.15) is 0 Å². The third-order valence-electron chi connectivity index (χ3n) is 3.61. The Kier molecular flexibility index (Phi) is 2.09. The summed E-state index contributed by atoms with van der Waals surface area (Å²) in [4.78, 5) is 4.62. The molecule has 0 aliphatic heterocycles. The summed E-state index contributed by atoms with van der Waals surface area (Å²) in [5.41, 5.74) is 5.15. The summed E-state index contributed by atoms with van der Waals surface area (Å²) >= 11 is 3.46. The van der Waals surface area contributed by atoms with Crippen LogP contribution in [0.2, 0.25) is 0 Å². The number of nitrogens with zero attached hydrogens (tertiary/aromatic N) is 1. The quantitative estimate of drug-likeness (QED) is 0.433. The topological polar surface area (TPSA) is 12.9 Å². The second-order valence-electron chi connectivity index (χ2n) is 4.63. The summed E-state index contributed by atoms with van der Waals surface area (Å²) in [6, 6.07) is 17.1. The van der Waals surface area contributed by atoms with Crippen LogP contribution in [-0.2, 0) is 6.42 Å². The zero-order valence-corrected chi connectivity index (χ0v) is 11.2. The summed E-state index contributed by atoms with van der Waals surface area (Å²) in [6.07, 6.45) is 0.992. The van der Waals surface area contributed by atoms with Crippen LogP contribution in [0.5, 0.6) is 0 Å². The van der Waals surface area contributed by atoms with Gasteiger partial charge in [0.1, 0.15) is 4.60 Å². The normalized spacial score (nSPS) is 12.5. The average molecular weight is 296 g/mol. The first-order chi connectivity index (χ1) is 8.83. The van der Waals surface area contributed by atoms with Gasteiger partial charge in [-0.3, -0.25) is 0 Å². The van der Waals surface area contributed by atoms with Gasteiger partial charge in [0.15, 0.2) is 0 Å². The number of fused-ring (bicyclic) bond motifs is 5. The van der Waals surface area contributed by atoms with Crippen molar-refractivity contribution in [3.8, 4) is 11.3 Å². The fourth-order valence-electron chi connectivity index (χ4n) is 2.78. The fourth-order valence-corrected chi connectivity index (χ4v) is 3.09. The lowest BCUT2D eigenvalue weighted by Crippen LogP contribution is -1.84. The molecule has 2 aromatic carbocycles. The molecule has 0 amide bonds. The van der Waals surface area contributed by atoms with Gasteiger partial charge in [-0.15, -0.1) is 0 Å². The van der Waals surface area contributed by atoms with E-state index in [4.69, 9.17) is 0 Å². The third-order valence-corrected chi connectivity index (χ3v) is 4.05. The molecule has 0 saturated heterocycles. The van der Waals surface area contributed by atoms with Crippen LogP contribution in [0.15, 0.2) is 53.1 Å². The molecule has 0 N–H and O–H groups in total. The van der Waals surface area contributed by atoms with Gasteiger partial charge in [0.25, 0.3) is 0 Å². The zero-order valence-electron chi connectivity index (χ0n) is 9.65. The summed E-state index contributed by atoms with van der Waals surface area (Å²) < 4.78 is 0.905. The first kappa shape index (κ1) is 10.3. The van der Waals surface area contributed by atoms with Gasteiger partial charge in [-0.1, -0.05) is 42.5 Å². The van der Waals surface area contributed by atoms with Gasteiger partial charge in [-0.25, -0.2) is 4.98 Å². The van der Waals surface area contributed by atoms with Crippen molar-refractivity contribution in [2.24, 2.45) is 0 Å². The Morgan fingerprint density at radius 3 is 2.78 bits per heavy atom. The van der Waals surface area contributed by atoms with Crippen molar-refractivity contribution in [2.45, 2.75) is 6.42 Å². The van der Waals surface area contributed by atoms with Crippen molar-refractivity contribution in [3.63, 3.8) is 0 Å². The molecule has 0 radical (unpaired) electrons. The maximum Gasteiger partial charge on any atom is 0.106 e. The number of hydrogen-bond acceptors (Lipinski definition) is 1. The van der Waals surface area contributed by atoms with E-state index in [1.165, 1.54) is 27.5 Å². The third kappa shape index (κ3) is 1.36. The molecule has 1 heterocycles. The van der Waals surface area contributed by atoms with Crippen molar-refractivity contribution in [3.05, 3.63) is 64.3 Å². The monoisotopic (exact) mass is 295 g/mol. The van der Waals surface area contributed by atoms with Crippen molar-refractivity contribution in [1.29, 1.82) is 0 Å². The Morgan fingerprint density at radius 2 is 1.83 bits per heavy atom. The molecular formula is C16H10BrN. The summed E-state index contributed by atoms with van der Waals surface area (Å²) in [6.45, 7) is 0. The maximum absolute atomic E-state index is 4.62. The van der Waals surface area contributed by atoms with Crippen LogP contribution in [0.25, 0.3) is 22.0 Å². The van der Waals surface area contributed by atoms with Gasteiger partial charge < -0.3 is 0 Å². The SMILES string of the molecule is Brc1ccc2c(n1)-c1ccc3ccccc3c1C2. The molecule has 3 aromatic rings. The van der Waals surface area contributed by atoms with Gasteiger partial charge in [0, 0.05) is 12.0 Å². The predicted octanol–water partition coefficient (Wildman–Crippen LogP) is 4.57. The lowest BCUT2D eigenvalue weighted by atomic mass is 10.0. The number of rotatable bonds is 0. The molecule has 0 spiro atoms. The minimum absolute atomic E-state index is 0.905. The largest absolute Gasteiger partial charge is 0.241 e. The van der Waals surface area contributed by atoms with Gasteiger partial charge in [-0.05, 0) is 43.9 Å². The number of hydrogen-bond donors (Lipinski definition) is 0. The number of benzene rings is 2. The van der Waals surface area contributed by atoms with Crippen LogP contribution in [-0.4, -0.2) is 4.98 Å². The van der Waals surface area contributed by atoms with E-state index in [2.05, 4.69) is 63.4 Å². The van der Waals surface area contributed by atoms with Crippen LogP contribution in [0.4, 0.5) is 0 Å². The Morgan fingerprint density at radius 1 is 0.944 bits per heavy atom. The van der Waals surface area contributed by atoms with Crippen molar-refractivity contribution >= 4 is 26.7 Å². The van der Waals surface area contributed by atoms with Crippen LogP contribution < -0.4 is 0 Å². The summed E-state index contributed by atoms with van der Waals surface area (Å²) in [7, 11) is 0. The Bertz CT molecular complexity index is 777. The standard InChI is InChI=1S/C16H10BrN/c17-15-8-6-11-9-14-12-4-2-1-3-10(12)5-7-13(14)16(11)18-15/h1-8H,9H2. The first-order valence-corrected chi connectivity index (χ1v) is 6.79. The highest BCUT2D eigenvalue weighted by atomic mass is 79.9. The van der Waals surface area contributed by atoms with Gasteiger partial charge in [0.05, 0.1) is 5.69 Å². The van der Waals surface area contributed by atoms with E-state index in [-0.39, 0.29) is 0 Å². The highest BCUT2D eigenvalue weighted by molar-refractivity contribution is 9.10. The molecular weight excluding hydrogens is 286 g/mol. The molecule has 0 fully saturated rings. The number of pyridine rings is 1. The molecule has 18 heavy (non-hydrogen) atoms. The lowest BCUT2D eigenvalue weighted by Gasteiger charge is -2.04. The molecule has 0 unspecified atom stereocenters. The lowest BCUT2D eigenvalue weighted by molar-refractivity contribution is 1.22. The van der Waals surface area contributed by atoms with E-state index >= 15 is 0 Å². The van der Waals surface area contributed by atoms with E-state index in [1.54, 1.807) is 0 Å². The van der Waals surface area contributed by atoms with Crippen LogP contribution in [0.1, 0.15) is 11.1 Å². The number of halogens is 1. The van der Waals surface area contributed by atoms with E-state index < -0.39 is 0 Å². The molecule has 2 heteroatoms. The van der Waals surface area contributed by atoms with Crippen molar-refractivity contribution in [1.82, 2.24) is 4.98 Å². The molecule has 0 bridgehead atoms. The van der Waals surface area contributed by atoms with Crippen molar-refractivity contribution in [2.75, 3.05) is 0 Å². The van der Waals surface area contributed by atoms with Gasteiger partial charge in [0.2, 0.25) is 0 Å². The molecule has 1 aromatic heterocycles. The van der Waals surface area contributed by atoms with E-state index in [0.29, 0.717) is 0 Å². The Balaban J connectivity index is 2.08. The van der Waals surface area contributed by atoms with Crippen LogP contribution in [0, 0.1) is 0 Å². The minimum Gasteiger partial charge on any atom is -0.241 e. The average Bonchev–Trinajstić information content (AvgIpc) is 2.77. The predicted molar refractivity (Wildman–Crippen MR) is 77.7 cm³/mol. The Labute approximate surface area is 114 Å². The van der Waals surface area contributed by atoms with Crippen molar-refractivity contribution < 1.29 is 0 Å². The van der Waals surface area contributed by atoms with Gasteiger partial charge >= 0.3 is 0 Å². The summed E-state index contributed by atoms with van der Waals surface area (Å²) in [5.74, 6) is 0. The van der Waals surface area contributed by atoms with E-state index in [1.807, 2.05) is 6.07 Å². The first-order valence-electron chi connectivity index (χ1n) is 5.99.